The van der Waals surface area contributed by atoms with E-state index in [4.69, 9.17) is 9.31 Å². The second-order valence-corrected chi connectivity index (χ2v) is 7.42. The first-order chi connectivity index (χ1) is 9.78. The molecule has 1 aromatic carbocycles. The third kappa shape index (κ3) is 2.66. The highest BCUT2D eigenvalue weighted by Crippen LogP contribution is 2.37. The van der Waals surface area contributed by atoms with Crippen LogP contribution in [0, 0.1) is 5.82 Å². The van der Waals surface area contributed by atoms with E-state index in [2.05, 4.69) is 0 Å². The summed E-state index contributed by atoms with van der Waals surface area (Å²) in [7, 11) is -0.359. The highest BCUT2D eigenvalue weighted by Gasteiger charge is 2.52. The lowest BCUT2D eigenvalue weighted by molar-refractivity contribution is 0.00578. The Morgan fingerprint density at radius 1 is 1.00 bits per heavy atom. The Bertz CT molecular complexity index is 650. The molecule has 0 aliphatic carbocycles. The Morgan fingerprint density at radius 2 is 1.67 bits per heavy atom. The van der Waals surface area contributed by atoms with Crippen LogP contribution in [0.1, 0.15) is 27.7 Å². The molecule has 1 fully saturated rings. The predicted molar refractivity (Wildman–Crippen MR) is 85.4 cm³/mol. The number of hydrogen-bond acceptors (Lipinski definition) is 3. The molecular weight excluding hydrogens is 286 g/mol. The lowest BCUT2D eigenvalue weighted by Crippen LogP contribution is -2.41. The minimum absolute atomic E-state index is 0.224. The zero-order valence-corrected chi connectivity index (χ0v) is 13.5. The van der Waals surface area contributed by atoms with E-state index in [1.807, 2.05) is 45.9 Å². The highest BCUT2D eigenvalue weighted by atomic mass is 32.1. The number of thiophene rings is 1. The lowest BCUT2D eigenvalue weighted by atomic mass is 9.88. The van der Waals surface area contributed by atoms with Crippen LogP contribution in [-0.4, -0.2) is 18.3 Å². The molecule has 0 N–H and O–H groups in total. The Morgan fingerprint density at radius 3 is 2.29 bits per heavy atom. The molecule has 110 valence electrons. The summed E-state index contributed by atoms with van der Waals surface area (Å²) in [6.45, 7) is 8.14. The summed E-state index contributed by atoms with van der Waals surface area (Å²) in [5.74, 6) is -0.224. The molecule has 0 unspecified atom stereocenters. The summed E-state index contributed by atoms with van der Waals surface area (Å²) in [5, 5.41) is 0. The summed E-state index contributed by atoms with van der Waals surface area (Å²) >= 11 is 1.58. The van der Waals surface area contributed by atoms with Gasteiger partial charge in [-0.2, -0.15) is 0 Å². The van der Waals surface area contributed by atoms with Gasteiger partial charge in [0.2, 0.25) is 0 Å². The van der Waals surface area contributed by atoms with Crippen LogP contribution in [-0.2, 0) is 9.31 Å². The van der Waals surface area contributed by atoms with Crippen molar-refractivity contribution in [1.82, 2.24) is 0 Å². The third-order valence-electron chi connectivity index (χ3n) is 4.22. The number of hydrogen-bond donors (Lipinski definition) is 0. The Balaban J connectivity index is 1.87. The second kappa shape index (κ2) is 4.94. The van der Waals surface area contributed by atoms with Crippen molar-refractivity contribution in [1.29, 1.82) is 0 Å². The lowest BCUT2D eigenvalue weighted by Gasteiger charge is -2.32. The zero-order valence-electron chi connectivity index (χ0n) is 12.6. The molecule has 2 nitrogen and oxygen atoms in total. The van der Waals surface area contributed by atoms with Gasteiger partial charge in [0.15, 0.2) is 0 Å². The van der Waals surface area contributed by atoms with Gasteiger partial charge in [-0.1, -0.05) is 18.2 Å². The van der Waals surface area contributed by atoms with Gasteiger partial charge in [0.05, 0.1) is 11.2 Å². The average Bonchev–Trinajstić information content (AvgIpc) is 2.93. The van der Waals surface area contributed by atoms with Crippen molar-refractivity contribution in [2.24, 2.45) is 0 Å². The van der Waals surface area contributed by atoms with Crippen molar-refractivity contribution in [3.05, 3.63) is 42.2 Å². The number of benzene rings is 1. The summed E-state index contributed by atoms with van der Waals surface area (Å²) in [5.41, 5.74) is 0.184. The van der Waals surface area contributed by atoms with Crippen LogP contribution in [0.15, 0.2) is 36.4 Å². The SMILES string of the molecule is CC1(C)OB(c2ccc(-c3cccc(F)c3)s2)OC1(C)C. The van der Waals surface area contributed by atoms with Gasteiger partial charge >= 0.3 is 7.12 Å². The predicted octanol–water partition coefficient (Wildman–Crippen LogP) is 3.85. The van der Waals surface area contributed by atoms with Gasteiger partial charge < -0.3 is 9.31 Å². The third-order valence-corrected chi connectivity index (χ3v) is 5.38. The maximum atomic E-state index is 13.3. The largest absolute Gasteiger partial charge is 0.505 e. The Kier molecular flexibility index (Phi) is 3.47. The minimum atomic E-state index is -0.359. The van der Waals surface area contributed by atoms with E-state index >= 15 is 0 Å². The molecule has 1 aromatic heterocycles. The normalized spacial score (nSPS) is 20.0. The van der Waals surface area contributed by atoms with E-state index in [9.17, 15) is 4.39 Å². The molecule has 2 aromatic rings. The molecular formula is C16H18BFO2S. The van der Waals surface area contributed by atoms with E-state index in [1.54, 1.807) is 23.5 Å². The van der Waals surface area contributed by atoms with E-state index in [1.165, 1.54) is 6.07 Å². The molecule has 0 radical (unpaired) electrons. The van der Waals surface area contributed by atoms with Crippen molar-refractivity contribution in [3.8, 4) is 10.4 Å². The van der Waals surface area contributed by atoms with Crippen LogP contribution in [0.5, 0.6) is 0 Å². The number of halogens is 1. The van der Waals surface area contributed by atoms with Crippen LogP contribution in [0.3, 0.4) is 0 Å². The quantitative estimate of drug-likeness (QED) is 0.785. The highest BCUT2D eigenvalue weighted by molar-refractivity contribution is 7.25. The molecule has 1 aliphatic rings. The molecule has 0 atom stereocenters. The molecule has 5 heteroatoms. The molecule has 3 rings (SSSR count). The van der Waals surface area contributed by atoms with Crippen LogP contribution >= 0.6 is 11.3 Å². The Labute approximate surface area is 129 Å². The van der Waals surface area contributed by atoms with Gasteiger partial charge in [0, 0.05) is 9.65 Å². The van der Waals surface area contributed by atoms with E-state index < -0.39 is 0 Å². The van der Waals surface area contributed by atoms with E-state index in [0.29, 0.717) is 0 Å². The van der Waals surface area contributed by atoms with Crippen molar-refractivity contribution >= 4 is 23.2 Å². The van der Waals surface area contributed by atoms with Gasteiger partial charge in [-0.15, -0.1) is 11.3 Å². The first kappa shape index (κ1) is 14.8. The van der Waals surface area contributed by atoms with E-state index in [0.717, 1.165) is 15.2 Å². The van der Waals surface area contributed by atoms with Crippen LogP contribution in [0.4, 0.5) is 4.39 Å². The van der Waals surface area contributed by atoms with Crippen molar-refractivity contribution in [2.45, 2.75) is 38.9 Å². The van der Waals surface area contributed by atoms with Gasteiger partial charge in [-0.05, 0) is 51.5 Å². The fourth-order valence-electron chi connectivity index (χ4n) is 2.24. The van der Waals surface area contributed by atoms with Crippen molar-refractivity contribution in [3.63, 3.8) is 0 Å². The van der Waals surface area contributed by atoms with Crippen molar-refractivity contribution < 1.29 is 13.7 Å². The molecule has 1 saturated heterocycles. The summed E-state index contributed by atoms with van der Waals surface area (Å²) < 4.78 is 26.4. The van der Waals surface area contributed by atoms with Gasteiger partial charge in [0.1, 0.15) is 5.82 Å². The monoisotopic (exact) mass is 304 g/mol. The topological polar surface area (TPSA) is 18.5 Å². The minimum Gasteiger partial charge on any atom is -0.399 e. The molecule has 1 aliphatic heterocycles. The maximum Gasteiger partial charge on any atom is 0.505 e. The van der Waals surface area contributed by atoms with E-state index in [-0.39, 0.29) is 24.1 Å². The smallest absolute Gasteiger partial charge is 0.399 e. The van der Waals surface area contributed by atoms with Crippen molar-refractivity contribution in [2.75, 3.05) is 0 Å². The first-order valence-electron chi connectivity index (χ1n) is 7.00. The molecule has 21 heavy (non-hydrogen) atoms. The fourth-order valence-corrected chi connectivity index (χ4v) is 3.20. The first-order valence-corrected chi connectivity index (χ1v) is 7.81. The van der Waals surface area contributed by atoms with Crippen LogP contribution < -0.4 is 4.78 Å². The standard InChI is InChI=1S/C16H18BFO2S/c1-15(2)16(3,4)20-17(19-15)14-9-8-13(21-14)11-6-5-7-12(18)10-11/h5-10H,1-4H3. The molecule has 2 heterocycles. The molecule has 0 saturated carbocycles. The van der Waals surface area contributed by atoms with Crippen LogP contribution in [0.2, 0.25) is 0 Å². The summed E-state index contributed by atoms with van der Waals surface area (Å²) in [6.07, 6.45) is 0. The summed E-state index contributed by atoms with van der Waals surface area (Å²) in [4.78, 5) is 1.01. The average molecular weight is 304 g/mol. The Hall–Kier alpha value is -1.17. The number of rotatable bonds is 2. The molecule has 0 bridgehead atoms. The van der Waals surface area contributed by atoms with Gasteiger partial charge in [-0.3, -0.25) is 0 Å². The molecule has 0 amide bonds. The fraction of sp³-hybridized carbons (Fsp3) is 0.375. The maximum absolute atomic E-state index is 13.3. The summed E-state index contributed by atoms with van der Waals surface area (Å²) in [6, 6.07) is 10.6. The second-order valence-electron chi connectivity index (χ2n) is 6.30. The molecule has 0 spiro atoms. The van der Waals surface area contributed by atoms with Crippen LogP contribution in [0.25, 0.3) is 10.4 Å². The van der Waals surface area contributed by atoms with Gasteiger partial charge in [0.25, 0.3) is 0 Å². The zero-order chi connectivity index (χ0) is 15.3. The van der Waals surface area contributed by atoms with Gasteiger partial charge in [-0.25, -0.2) is 4.39 Å².